The van der Waals surface area contributed by atoms with E-state index in [2.05, 4.69) is 55.4 Å². The zero-order chi connectivity index (χ0) is 62.6. The monoisotopic (exact) mass is 1200 g/mol. The van der Waals surface area contributed by atoms with Gasteiger partial charge < -0.3 is 19.7 Å². The van der Waals surface area contributed by atoms with Crippen molar-refractivity contribution in [1.29, 1.82) is 0 Å². The molecule has 0 bridgehead atoms. The first-order valence-corrected chi connectivity index (χ1v) is 38.8. The lowest BCUT2D eigenvalue weighted by Gasteiger charge is -2.44. The number of unbranched alkanes of at least 4 members (excludes halogenated alkanes) is 44. The lowest BCUT2D eigenvalue weighted by atomic mass is 9.73. The molecule has 0 aromatic heterocycles. The molecule has 0 aliphatic heterocycles. The van der Waals surface area contributed by atoms with Crippen LogP contribution in [0.1, 0.15) is 453 Å². The van der Waals surface area contributed by atoms with Gasteiger partial charge in [-0.2, -0.15) is 0 Å². The van der Waals surface area contributed by atoms with Crippen molar-refractivity contribution in [2.45, 2.75) is 470 Å². The molecule has 0 aliphatic rings. The molecule has 0 rings (SSSR count). The highest BCUT2D eigenvalue weighted by Crippen LogP contribution is 2.44. The van der Waals surface area contributed by atoms with E-state index >= 15 is 9.59 Å². The van der Waals surface area contributed by atoms with Gasteiger partial charge in [-0.3, -0.25) is 9.59 Å². The Morgan fingerprint density at radius 3 is 0.706 bits per heavy atom. The minimum absolute atomic E-state index is 0.0939. The Balaban J connectivity index is 7.84. The summed E-state index contributed by atoms with van der Waals surface area (Å²) in [6.45, 7) is 18.2. The third kappa shape index (κ3) is 45.3. The lowest BCUT2D eigenvalue weighted by Crippen LogP contribution is -2.52. The first kappa shape index (κ1) is 83.4. The molecule has 0 aliphatic carbocycles. The molecule has 0 aromatic carbocycles. The zero-order valence-corrected chi connectivity index (χ0v) is 58.9. The number of aliphatic hydroxyl groups is 1. The second-order valence-corrected chi connectivity index (χ2v) is 27.9. The van der Waals surface area contributed by atoms with Crippen molar-refractivity contribution in [3.05, 3.63) is 0 Å². The summed E-state index contributed by atoms with van der Waals surface area (Å²) in [6, 6.07) is 0. The molecule has 0 saturated carbocycles. The molecule has 0 spiro atoms. The van der Waals surface area contributed by atoms with Crippen LogP contribution in [0.2, 0.25) is 0 Å². The highest BCUT2D eigenvalue weighted by Gasteiger charge is 2.50. The van der Waals surface area contributed by atoms with Crippen molar-refractivity contribution in [2.24, 2.45) is 11.8 Å². The first-order chi connectivity index (χ1) is 41.4. The summed E-state index contributed by atoms with van der Waals surface area (Å²) in [6.07, 6.45) is 66.6. The summed E-state index contributed by atoms with van der Waals surface area (Å²) >= 11 is 0. The van der Waals surface area contributed by atoms with Gasteiger partial charge >= 0.3 is 17.9 Å². The van der Waals surface area contributed by atoms with Crippen LogP contribution in [0, 0.1) is 11.8 Å². The predicted octanol–water partition coefficient (Wildman–Crippen LogP) is 25.9. The smallest absolute Gasteiger partial charge is 0.339 e. The van der Waals surface area contributed by atoms with Crippen LogP contribution in [0.25, 0.3) is 0 Å². The fraction of sp³-hybridized carbons (Fsp3) is 0.962. The quantitative estimate of drug-likeness (QED) is 0.0461. The van der Waals surface area contributed by atoms with E-state index in [0.29, 0.717) is 12.8 Å². The maximum atomic E-state index is 15.6. The molecule has 85 heavy (non-hydrogen) atoms. The van der Waals surface area contributed by atoms with E-state index in [4.69, 9.17) is 9.47 Å². The number of esters is 2. The Kier molecular flexibility index (Phi) is 58.8. The Hall–Kier alpha value is -1.63. The number of ether oxygens (including phenoxy) is 2. The molecular formula is C78H152O7. The minimum Gasteiger partial charge on any atom is -0.481 e. The number of hydrogen-bond acceptors (Lipinski definition) is 6. The van der Waals surface area contributed by atoms with Gasteiger partial charge in [0.2, 0.25) is 0 Å². The summed E-state index contributed by atoms with van der Waals surface area (Å²) in [5.41, 5.74) is -4.16. The Labute approximate surface area is 531 Å². The predicted molar refractivity (Wildman–Crippen MR) is 369 cm³/mol. The van der Waals surface area contributed by atoms with Crippen LogP contribution in [0.4, 0.5) is 0 Å². The second-order valence-electron chi connectivity index (χ2n) is 27.9. The number of carboxylic acids is 1. The molecule has 7 nitrogen and oxygen atoms in total. The summed E-state index contributed by atoms with van der Waals surface area (Å²) in [7, 11) is 0. The number of carbonyl (C=O) groups is 3. The van der Waals surface area contributed by atoms with E-state index in [0.717, 1.165) is 154 Å². The van der Waals surface area contributed by atoms with Gasteiger partial charge in [0.25, 0.3) is 0 Å². The first-order valence-electron chi connectivity index (χ1n) is 38.8. The van der Waals surface area contributed by atoms with E-state index in [1.807, 2.05) is 0 Å². The molecule has 0 radical (unpaired) electrons. The molecule has 0 fully saturated rings. The number of aliphatic carboxylic acids is 1. The number of rotatable bonds is 69. The van der Waals surface area contributed by atoms with Crippen molar-refractivity contribution in [3.8, 4) is 0 Å². The topological polar surface area (TPSA) is 110 Å². The molecule has 0 saturated heterocycles. The molecule has 3 unspecified atom stereocenters. The summed E-state index contributed by atoms with van der Waals surface area (Å²) < 4.78 is 14.4. The van der Waals surface area contributed by atoms with Gasteiger partial charge in [-0.05, 0) is 88.9 Å². The van der Waals surface area contributed by atoms with Crippen LogP contribution in [0.3, 0.4) is 0 Å². The molecule has 7 heteroatoms. The van der Waals surface area contributed by atoms with Gasteiger partial charge in [0.15, 0.2) is 5.60 Å². The van der Waals surface area contributed by atoms with Crippen molar-refractivity contribution in [2.75, 3.05) is 0 Å². The van der Waals surface area contributed by atoms with E-state index in [1.54, 1.807) is 0 Å². The Morgan fingerprint density at radius 2 is 0.482 bits per heavy atom. The second kappa shape index (κ2) is 60.0. The summed E-state index contributed by atoms with van der Waals surface area (Å²) in [4.78, 5) is 44.2. The van der Waals surface area contributed by atoms with Crippen LogP contribution in [0.15, 0.2) is 0 Å². The van der Waals surface area contributed by atoms with E-state index in [1.165, 1.54) is 218 Å². The van der Waals surface area contributed by atoms with Crippen molar-refractivity contribution in [1.82, 2.24) is 0 Å². The Morgan fingerprint density at radius 1 is 0.282 bits per heavy atom. The van der Waals surface area contributed by atoms with Gasteiger partial charge in [0, 0.05) is 0 Å². The third-order valence-electron chi connectivity index (χ3n) is 19.8. The van der Waals surface area contributed by atoms with Crippen LogP contribution >= 0.6 is 0 Å². The number of carbonyl (C=O) groups excluding carboxylic acids is 2. The third-order valence-corrected chi connectivity index (χ3v) is 19.8. The average molecular weight is 1200 g/mol. The molecule has 506 valence electrons. The average Bonchev–Trinajstić information content (AvgIpc) is 3.10. The van der Waals surface area contributed by atoms with Crippen molar-refractivity contribution >= 4 is 17.9 Å². The SMILES string of the molecule is CCCCCCCCCCC(CCCCCCCC)C(CCCCCCCC)(CCCCCCCC)OC(=O)CC(O)(CC(=O)O)C(=O)OC(CCCCCCCC)(CCCCCCCC)C(CCCCCCCC)CCCCCCCCCC. The zero-order valence-electron chi connectivity index (χ0n) is 58.9. The summed E-state index contributed by atoms with van der Waals surface area (Å²) in [5.74, 6) is -2.58. The van der Waals surface area contributed by atoms with Crippen LogP contribution in [-0.4, -0.2) is 44.9 Å². The number of hydrogen-bond donors (Lipinski definition) is 2. The molecule has 2 N–H and O–H groups in total. The van der Waals surface area contributed by atoms with E-state index in [9.17, 15) is 15.0 Å². The van der Waals surface area contributed by atoms with Crippen LogP contribution in [0.5, 0.6) is 0 Å². The molecule has 0 amide bonds. The van der Waals surface area contributed by atoms with Crippen molar-refractivity contribution in [3.63, 3.8) is 0 Å². The van der Waals surface area contributed by atoms with Gasteiger partial charge in [-0.15, -0.1) is 0 Å². The summed E-state index contributed by atoms with van der Waals surface area (Å²) in [5, 5.41) is 23.8. The van der Waals surface area contributed by atoms with Gasteiger partial charge in [-0.25, -0.2) is 4.79 Å². The molecule has 0 heterocycles. The maximum absolute atomic E-state index is 15.6. The molecule has 3 atom stereocenters. The fourth-order valence-corrected chi connectivity index (χ4v) is 14.2. The van der Waals surface area contributed by atoms with Gasteiger partial charge in [0.1, 0.15) is 11.2 Å². The normalized spacial score (nSPS) is 13.5. The van der Waals surface area contributed by atoms with Gasteiger partial charge in [-0.1, -0.05) is 364 Å². The molecule has 0 aromatic rings. The van der Waals surface area contributed by atoms with Gasteiger partial charge in [0.05, 0.1) is 12.8 Å². The lowest BCUT2D eigenvalue weighted by molar-refractivity contribution is -0.201. The standard InChI is InChI=1S/C78H152O7/c1-9-17-25-33-41-43-47-55-62-71(61-53-45-35-27-19-11-3)77(65-57-49-37-29-21-13-5,66-58-50-38-30-22-14-6)84-74(81)70-76(83,69-73(79)80)75(82)85-78(67-59-51-39-31-23-15-7,68-60-52-40-32-24-16-8)72(63-54-46-36-28-20-12-4)64-56-48-44-42-34-26-18-10-2/h71-72,83H,9-70H2,1-8H3,(H,79,80). The highest BCUT2D eigenvalue weighted by molar-refractivity contribution is 5.90. The van der Waals surface area contributed by atoms with Crippen LogP contribution in [-0.2, 0) is 23.9 Å². The minimum atomic E-state index is -2.56. The fourth-order valence-electron chi connectivity index (χ4n) is 14.2. The largest absolute Gasteiger partial charge is 0.481 e. The number of carboxylic acid groups (broad SMARTS) is 1. The highest BCUT2D eigenvalue weighted by atomic mass is 16.6. The molecular weight excluding hydrogens is 1050 g/mol. The van der Waals surface area contributed by atoms with E-state index < -0.39 is 47.6 Å². The van der Waals surface area contributed by atoms with Crippen LogP contribution < -0.4 is 0 Å². The van der Waals surface area contributed by atoms with Crippen molar-refractivity contribution < 1.29 is 34.1 Å². The maximum Gasteiger partial charge on any atom is 0.339 e. The van der Waals surface area contributed by atoms with E-state index in [-0.39, 0.29) is 11.8 Å². The Bertz CT molecular complexity index is 1410.